The Morgan fingerprint density at radius 1 is 1.21 bits per heavy atom. The van der Waals surface area contributed by atoms with E-state index in [2.05, 4.69) is 4.98 Å². The average molecular weight is 411 g/mol. The summed E-state index contributed by atoms with van der Waals surface area (Å²) < 4.78 is 14.7. The number of rotatable bonds is 5. The van der Waals surface area contributed by atoms with Crippen LogP contribution in [0.3, 0.4) is 0 Å². The number of imidazole rings is 1. The first kappa shape index (κ1) is 19.2. The molecular formula is C21H18FN3O3S. The molecule has 8 heteroatoms. The van der Waals surface area contributed by atoms with Gasteiger partial charge < -0.3 is 10.0 Å². The minimum atomic E-state index is -1.15. The Hall–Kier alpha value is -3.13. The number of fused-ring (bicyclic) bond motifs is 1. The van der Waals surface area contributed by atoms with Gasteiger partial charge in [-0.1, -0.05) is 30.0 Å². The predicted molar refractivity (Wildman–Crippen MR) is 108 cm³/mol. The highest BCUT2D eigenvalue weighted by atomic mass is 32.2. The van der Waals surface area contributed by atoms with Crippen molar-refractivity contribution in [3.05, 3.63) is 71.8 Å². The van der Waals surface area contributed by atoms with Gasteiger partial charge in [0.15, 0.2) is 10.9 Å². The van der Waals surface area contributed by atoms with Crippen LogP contribution >= 0.6 is 11.8 Å². The lowest BCUT2D eigenvalue weighted by Gasteiger charge is -2.22. The zero-order valence-electron chi connectivity index (χ0n) is 15.6. The topological polar surface area (TPSA) is 75.4 Å². The Bertz CT molecular complexity index is 1080. The molecule has 1 aliphatic rings. The summed E-state index contributed by atoms with van der Waals surface area (Å²) in [6, 6.07) is 13.4. The van der Waals surface area contributed by atoms with Crippen LogP contribution in [0.1, 0.15) is 23.0 Å². The molecule has 0 fully saturated rings. The number of anilines is 1. The minimum absolute atomic E-state index is 0.0496. The van der Waals surface area contributed by atoms with Gasteiger partial charge in [-0.2, -0.15) is 0 Å². The fraction of sp³-hybridized carbons (Fsp3) is 0.190. The Labute approximate surface area is 171 Å². The number of carbonyl (C=O) groups is 2. The Morgan fingerprint density at radius 2 is 1.93 bits per heavy atom. The fourth-order valence-electron chi connectivity index (χ4n) is 3.57. The van der Waals surface area contributed by atoms with E-state index in [1.54, 1.807) is 4.90 Å². The third kappa shape index (κ3) is 3.63. The number of aromatic nitrogens is 2. The van der Waals surface area contributed by atoms with E-state index >= 15 is 0 Å². The highest BCUT2D eigenvalue weighted by molar-refractivity contribution is 7.99. The molecule has 3 aromatic rings. The number of halogens is 1. The maximum atomic E-state index is 13.3. The first-order valence-corrected chi connectivity index (χ1v) is 10.0. The molecule has 4 rings (SSSR count). The number of benzene rings is 2. The molecule has 0 spiro atoms. The molecular weight excluding hydrogens is 393 g/mol. The highest BCUT2D eigenvalue weighted by Gasteiger charge is 2.30. The summed E-state index contributed by atoms with van der Waals surface area (Å²) in [7, 11) is 0. The molecule has 1 atom stereocenters. The molecule has 1 aliphatic heterocycles. The average Bonchev–Trinajstić information content (AvgIpc) is 3.27. The molecule has 0 saturated carbocycles. The molecule has 2 aromatic carbocycles. The van der Waals surface area contributed by atoms with E-state index in [9.17, 15) is 19.1 Å². The number of thioether (sulfide) groups is 1. The zero-order chi connectivity index (χ0) is 20.5. The van der Waals surface area contributed by atoms with Gasteiger partial charge in [0.25, 0.3) is 0 Å². The van der Waals surface area contributed by atoms with Gasteiger partial charge in [0.1, 0.15) is 5.82 Å². The summed E-state index contributed by atoms with van der Waals surface area (Å²) in [5.41, 5.74) is 2.47. The monoisotopic (exact) mass is 411 g/mol. The normalized spacial score (nSPS) is 15.4. The van der Waals surface area contributed by atoms with E-state index in [0.29, 0.717) is 10.8 Å². The lowest BCUT2D eigenvalue weighted by molar-refractivity contribution is -0.116. The Balaban J connectivity index is 1.58. The summed E-state index contributed by atoms with van der Waals surface area (Å²) in [5, 5.41) is 9.83. The van der Waals surface area contributed by atoms with Crippen molar-refractivity contribution in [1.29, 1.82) is 0 Å². The summed E-state index contributed by atoms with van der Waals surface area (Å²) in [4.78, 5) is 30.5. The van der Waals surface area contributed by atoms with Crippen molar-refractivity contribution in [3.63, 3.8) is 0 Å². The van der Waals surface area contributed by atoms with E-state index in [-0.39, 0.29) is 23.4 Å². The largest absolute Gasteiger partial charge is 0.477 e. The Morgan fingerprint density at radius 3 is 2.66 bits per heavy atom. The van der Waals surface area contributed by atoms with E-state index in [4.69, 9.17) is 0 Å². The molecule has 0 unspecified atom stereocenters. The van der Waals surface area contributed by atoms with Crippen molar-refractivity contribution in [2.24, 2.45) is 0 Å². The van der Waals surface area contributed by atoms with Crippen molar-refractivity contribution in [2.75, 3.05) is 10.7 Å². The van der Waals surface area contributed by atoms with Crippen molar-refractivity contribution >= 4 is 29.3 Å². The van der Waals surface area contributed by atoms with Crippen LogP contribution in [0, 0.1) is 5.82 Å². The molecule has 0 aliphatic carbocycles. The molecule has 1 N–H and O–H groups in total. The van der Waals surface area contributed by atoms with Gasteiger partial charge in [0.05, 0.1) is 11.9 Å². The maximum Gasteiger partial charge on any atom is 0.354 e. The number of nitrogens with zero attached hydrogens (tertiary/aromatic N) is 3. The van der Waals surface area contributed by atoms with Crippen molar-refractivity contribution < 1.29 is 19.1 Å². The lowest BCUT2D eigenvalue weighted by Crippen LogP contribution is -2.37. The van der Waals surface area contributed by atoms with Crippen LogP contribution in [0.4, 0.5) is 10.1 Å². The second kappa shape index (κ2) is 7.71. The first-order valence-electron chi connectivity index (χ1n) is 9.05. The third-order valence-electron chi connectivity index (χ3n) is 4.83. The molecule has 6 nitrogen and oxygen atoms in total. The molecule has 29 heavy (non-hydrogen) atoms. The van der Waals surface area contributed by atoms with Crippen LogP contribution in [0.25, 0.3) is 5.69 Å². The second-order valence-electron chi connectivity index (χ2n) is 6.78. The van der Waals surface area contributed by atoms with Crippen molar-refractivity contribution in [3.8, 4) is 5.69 Å². The van der Waals surface area contributed by atoms with Crippen molar-refractivity contribution in [1.82, 2.24) is 9.55 Å². The van der Waals surface area contributed by atoms with Crippen LogP contribution in [-0.4, -0.2) is 38.3 Å². The number of carboxylic acids is 1. The number of carbonyl (C=O) groups excluding carboxylic acids is 1. The van der Waals surface area contributed by atoms with E-state index in [1.807, 2.05) is 31.2 Å². The van der Waals surface area contributed by atoms with Gasteiger partial charge in [-0.25, -0.2) is 14.2 Å². The molecule has 1 aromatic heterocycles. The van der Waals surface area contributed by atoms with Gasteiger partial charge >= 0.3 is 5.97 Å². The fourth-order valence-corrected chi connectivity index (χ4v) is 4.42. The van der Waals surface area contributed by atoms with Gasteiger partial charge in [0, 0.05) is 17.4 Å². The number of amides is 1. The number of hydrogen-bond acceptors (Lipinski definition) is 4. The van der Waals surface area contributed by atoms with E-state index in [1.165, 1.54) is 35.0 Å². The third-order valence-corrected chi connectivity index (χ3v) is 5.77. The smallest absolute Gasteiger partial charge is 0.354 e. The van der Waals surface area contributed by atoms with Crippen LogP contribution < -0.4 is 4.90 Å². The molecule has 0 saturated heterocycles. The number of carboxylic acid groups (broad SMARTS) is 1. The first-order chi connectivity index (χ1) is 14.0. The Kier molecular flexibility index (Phi) is 5.10. The summed E-state index contributed by atoms with van der Waals surface area (Å²) in [5.74, 6) is -1.53. The maximum absolute atomic E-state index is 13.3. The van der Waals surface area contributed by atoms with Crippen LogP contribution in [0.5, 0.6) is 0 Å². The molecule has 0 bridgehead atoms. The zero-order valence-corrected chi connectivity index (χ0v) is 16.4. The quantitative estimate of drug-likeness (QED) is 0.647. The van der Waals surface area contributed by atoms with Gasteiger partial charge in [-0.05, 0) is 49.2 Å². The number of para-hydroxylation sites is 1. The standard InChI is InChI=1S/C21H18FN3O3S/c1-13-10-14-4-2-3-5-17(14)24(13)19(26)12-29-21-23-11-18(20(27)28)25(21)16-8-6-15(22)7-9-16/h2-9,11,13H,10,12H2,1H3,(H,27,28)/t13-/m1/s1. The highest BCUT2D eigenvalue weighted by Crippen LogP contribution is 2.33. The van der Waals surface area contributed by atoms with E-state index in [0.717, 1.165) is 29.4 Å². The van der Waals surface area contributed by atoms with Gasteiger partial charge in [-0.3, -0.25) is 9.36 Å². The molecule has 2 heterocycles. The molecule has 148 valence electrons. The predicted octanol–water partition coefficient (Wildman–Crippen LogP) is 3.78. The lowest BCUT2D eigenvalue weighted by atomic mass is 10.1. The summed E-state index contributed by atoms with van der Waals surface area (Å²) >= 11 is 1.16. The summed E-state index contributed by atoms with van der Waals surface area (Å²) in [6.45, 7) is 2.00. The van der Waals surface area contributed by atoms with E-state index < -0.39 is 11.8 Å². The van der Waals surface area contributed by atoms with Crippen LogP contribution in [-0.2, 0) is 11.2 Å². The number of aromatic carboxylic acids is 1. The number of hydrogen-bond donors (Lipinski definition) is 1. The van der Waals surface area contributed by atoms with Crippen LogP contribution in [0.15, 0.2) is 59.9 Å². The minimum Gasteiger partial charge on any atom is -0.477 e. The second-order valence-corrected chi connectivity index (χ2v) is 7.72. The van der Waals surface area contributed by atoms with Gasteiger partial charge in [-0.15, -0.1) is 0 Å². The van der Waals surface area contributed by atoms with Gasteiger partial charge in [0.2, 0.25) is 5.91 Å². The summed E-state index contributed by atoms with van der Waals surface area (Å²) in [6.07, 6.45) is 2.05. The molecule has 0 radical (unpaired) electrons. The van der Waals surface area contributed by atoms with Crippen molar-refractivity contribution in [2.45, 2.75) is 24.5 Å². The van der Waals surface area contributed by atoms with Crippen LogP contribution in [0.2, 0.25) is 0 Å². The SMILES string of the molecule is C[C@@H]1Cc2ccccc2N1C(=O)CSc1ncc(C(=O)O)n1-c1ccc(F)cc1. The molecule has 1 amide bonds.